The van der Waals surface area contributed by atoms with Gasteiger partial charge in [-0.05, 0) is 40.8 Å². The van der Waals surface area contributed by atoms with Gasteiger partial charge in [0.15, 0.2) is 0 Å². The first-order valence-electron chi connectivity index (χ1n) is 11.4. The average Bonchev–Trinajstić information content (AvgIpc) is 2.85. The van der Waals surface area contributed by atoms with Crippen LogP contribution >= 0.6 is 0 Å². The normalized spacial score (nSPS) is 17.6. The summed E-state index contributed by atoms with van der Waals surface area (Å²) in [7, 11) is 0. The van der Waals surface area contributed by atoms with Crippen LogP contribution in [0.25, 0.3) is 21.5 Å². The molecule has 1 aliphatic rings. The van der Waals surface area contributed by atoms with Gasteiger partial charge in [0, 0.05) is 28.2 Å². The highest BCUT2D eigenvalue weighted by Crippen LogP contribution is 2.41. The Hall–Kier alpha value is -3.78. The molecule has 0 aliphatic carbocycles. The number of hydrogen-bond acceptors (Lipinski definition) is 2. The molecule has 0 saturated heterocycles. The van der Waals surface area contributed by atoms with E-state index in [0.717, 1.165) is 12.8 Å². The molecule has 0 aromatic heterocycles. The molecule has 32 heavy (non-hydrogen) atoms. The van der Waals surface area contributed by atoms with Crippen molar-refractivity contribution in [2.24, 2.45) is 0 Å². The molecule has 2 atom stereocenters. The predicted molar refractivity (Wildman–Crippen MR) is 136 cm³/mol. The standard InChI is InChI=1S/C30H26N2/c1-2-9-21(10-3-1)19-24-20-29(32-28-16-8-13-22-11-4-6-14-25(22)28)27-18-17-23-12-5-7-15-26(23)30(27)31-24/h1-18,24,29,31-32H,19-20H2/t24-,29+/m1/s1. The molecule has 0 spiro atoms. The van der Waals surface area contributed by atoms with Crippen LogP contribution < -0.4 is 10.6 Å². The van der Waals surface area contributed by atoms with Crippen LogP contribution in [0.4, 0.5) is 11.4 Å². The van der Waals surface area contributed by atoms with Crippen LogP contribution in [0.2, 0.25) is 0 Å². The zero-order valence-corrected chi connectivity index (χ0v) is 18.0. The van der Waals surface area contributed by atoms with Gasteiger partial charge in [0.25, 0.3) is 0 Å². The topological polar surface area (TPSA) is 24.1 Å². The summed E-state index contributed by atoms with van der Waals surface area (Å²) in [6, 6.07) is 39.8. The van der Waals surface area contributed by atoms with Gasteiger partial charge in [0.05, 0.1) is 6.04 Å². The molecule has 5 aromatic rings. The Kier molecular flexibility index (Phi) is 4.77. The maximum atomic E-state index is 3.92. The van der Waals surface area contributed by atoms with Crippen molar-refractivity contribution in [1.82, 2.24) is 0 Å². The van der Waals surface area contributed by atoms with E-state index >= 15 is 0 Å². The average molecular weight is 415 g/mol. The Balaban J connectivity index is 1.42. The molecule has 0 unspecified atom stereocenters. The zero-order chi connectivity index (χ0) is 21.3. The summed E-state index contributed by atoms with van der Waals surface area (Å²) < 4.78 is 0. The van der Waals surface area contributed by atoms with Crippen molar-refractivity contribution in [2.75, 3.05) is 10.6 Å². The first kappa shape index (κ1) is 18.9. The van der Waals surface area contributed by atoms with E-state index in [4.69, 9.17) is 0 Å². The van der Waals surface area contributed by atoms with Crippen LogP contribution in [-0.2, 0) is 6.42 Å². The van der Waals surface area contributed by atoms with Crippen molar-refractivity contribution in [3.63, 3.8) is 0 Å². The van der Waals surface area contributed by atoms with E-state index in [-0.39, 0.29) is 6.04 Å². The number of anilines is 2. The SMILES string of the molecule is c1ccc(C[C@@H]2C[C@H](Nc3cccc4ccccc34)c3ccc4ccccc4c3N2)cc1. The Labute approximate surface area is 188 Å². The van der Waals surface area contributed by atoms with Crippen LogP contribution in [0.1, 0.15) is 23.6 Å². The second kappa shape index (κ2) is 8.05. The lowest BCUT2D eigenvalue weighted by atomic mass is 9.87. The monoisotopic (exact) mass is 414 g/mol. The van der Waals surface area contributed by atoms with Gasteiger partial charge in [-0.15, -0.1) is 0 Å². The summed E-state index contributed by atoms with van der Waals surface area (Å²) in [4.78, 5) is 0. The van der Waals surface area contributed by atoms with Crippen molar-refractivity contribution in [3.8, 4) is 0 Å². The minimum absolute atomic E-state index is 0.246. The van der Waals surface area contributed by atoms with E-state index in [2.05, 4.69) is 120 Å². The molecule has 0 amide bonds. The van der Waals surface area contributed by atoms with Crippen LogP contribution in [0, 0.1) is 0 Å². The molecule has 156 valence electrons. The van der Waals surface area contributed by atoms with Crippen molar-refractivity contribution >= 4 is 32.9 Å². The maximum Gasteiger partial charge on any atom is 0.0554 e. The second-order valence-corrected chi connectivity index (χ2v) is 8.74. The molecule has 0 radical (unpaired) electrons. The number of hydrogen-bond donors (Lipinski definition) is 2. The molecule has 0 saturated carbocycles. The fourth-order valence-corrected chi connectivity index (χ4v) is 5.12. The van der Waals surface area contributed by atoms with Gasteiger partial charge in [0.1, 0.15) is 0 Å². The first-order chi connectivity index (χ1) is 15.8. The summed E-state index contributed by atoms with van der Waals surface area (Å²) in [5.41, 5.74) is 5.19. The molecule has 1 aliphatic heterocycles. The summed E-state index contributed by atoms with van der Waals surface area (Å²) in [6.07, 6.45) is 2.04. The van der Waals surface area contributed by atoms with Gasteiger partial charge in [-0.25, -0.2) is 0 Å². The molecule has 0 bridgehead atoms. The molecule has 1 heterocycles. The van der Waals surface area contributed by atoms with Gasteiger partial charge in [-0.3, -0.25) is 0 Å². The summed E-state index contributed by atoms with van der Waals surface area (Å²) in [5.74, 6) is 0. The highest BCUT2D eigenvalue weighted by atomic mass is 15.0. The van der Waals surface area contributed by atoms with Crippen molar-refractivity contribution in [2.45, 2.75) is 24.9 Å². The lowest BCUT2D eigenvalue weighted by Gasteiger charge is -2.35. The minimum atomic E-state index is 0.246. The lowest BCUT2D eigenvalue weighted by molar-refractivity contribution is 0.566. The molecule has 5 aromatic carbocycles. The number of nitrogens with one attached hydrogen (secondary N) is 2. The molecule has 2 nitrogen and oxygen atoms in total. The predicted octanol–water partition coefficient (Wildman–Crippen LogP) is 7.57. The molecular formula is C30H26N2. The van der Waals surface area contributed by atoms with E-state index in [1.807, 2.05) is 0 Å². The van der Waals surface area contributed by atoms with Gasteiger partial charge in [-0.1, -0.05) is 103 Å². The van der Waals surface area contributed by atoms with Gasteiger partial charge >= 0.3 is 0 Å². The fourth-order valence-electron chi connectivity index (χ4n) is 5.12. The number of rotatable bonds is 4. The maximum absolute atomic E-state index is 3.92. The Morgan fingerprint density at radius 3 is 2.19 bits per heavy atom. The van der Waals surface area contributed by atoms with Crippen LogP contribution in [0.5, 0.6) is 0 Å². The van der Waals surface area contributed by atoms with E-state index in [9.17, 15) is 0 Å². The lowest BCUT2D eigenvalue weighted by Crippen LogP contribution is -2.33. The van der Waals surface area contributed by atoms with Crippen molar-refractivity contribution in [3.05, 3.63) is 120 Å². The number of benzene rings is 5. The van der Waals surface area contributed by atoms with E-state index in [0.29, 0.717) is 6.04 Å². The van der Waals surface area contributed by atoms with Gasteiger partial charge < -0.3 is 10.6 Å². The smallest absolute Gasteiger partial charge is 0.0554 e. The van der Waals surface area contributed by atoms with E-state index < -0.39 is 0 Å². The Morgan fingerprint density at radius 2 is 1.34 bits per heavy atom. The van der Waals surface area contributed by atoms with Gasteiger partial charge in [-0.2, -0.15) is 0 Å². The van der Waals surface area contributed by atoms with Crippen molar-refractivity contribution < 1.29 is 0 Å². The number of fused-ring (bicyclic) bond motifs is 4. The van der Waals surface area contributed by atoms with Crippen LogP contribution in [-0.4, -0.2) is 6.04 Å². The van der Waals surface area contributed by atoms with Crippen LogP contribution in [0.15, 0.2) is 109 Å². The van der Waals surface area contributed by atoms with Crippen LogP contribution in [0.3, 0.4) is 0 Å². The molecule has 6 rings (SSSR count). The second-order valence-electron chi connectivity index (χ2n) is 8.74. The third-order valence-electron chi connectivity index (χ3n) is 6.65. The summed E-state index contributed by atoms with van der Waals surface area (Å²) >= 11 is 0. The third-order valence-corrected chi connectivity index (χ3v) is 6.65. The van der Waals surface area contributed by atoms with E-state index in [1.165, 1.54) is 44.0 Å². The Bertz CT molecular complexity index is 1390. The Morgan fingerprint density at radius 1 is 0.656 bits per heavy atom. The summed E-state index contributed by atoms with van der Waals surface area (Å²) in [6.45, 7) is 0. The summed E-state index contributed by atoms with van der Waals surface area (Å²) in [5, 5.41) is 12.9. The fraction of sp³-hybridized carbons (Fsp3) is 0.133. The zero-order valence-electron chi connectivity index (χ0n) is 18.0. The first-order valence-corrected chi connectivity index (χ1v) is 11.4. The highest BCUT2D eigenvalue weighted by molar-refractivity contribution is 5.97. The highest BCUT2D eigenvalue weighted by Gasteiger charge is 2.28. The quantitative estimate of drug-likeness (QED) is 0.317. The third kappa shape index (κ3) is 3.48. The molecule has 0 fully saturated rings. The minimum Gasteiger partial charge on any atom is -0.381 e. The van der Waals surface area contributed by atoms with Gasteiger partial charge in [0.2, 0.25) is 0 Å². The van der Waals surface area contributed by atoms with Crippen molar-refractivity contribution in [1.29, 1.82) is 0 Å². The van der Waals surface area contributed by atoms with E-state index in [1.54, 1.807) is 0 Å². The molecular weight excluding hydrogens is 388 g/mol. The molecule has 2 heteroatoms. The largest absolute Gasteiger partial charge is 0.381 e. The molecule has 2 N–H and O–H groups in total.